The molecule has 0 aromatic rings. The molecule has 0 heterocycles. The lowest BCUT2D eigenvalue weighted by Gasteiger charge is -2.28. The Labute approximate surface area is 169 Å². The number of hydrogen-bond acceptors (Lipinski definition) is 7. The van der Waals surface area contributed by atoms with Gasteiger partial charge in [-0.25, -0.2) is 3.63 Å². The Morgan fingerprint density at radius 2 is 0.778 bits per heavy atom. The van der Waals surface area contributed by atoms with Gasteiger partial charge in [-0.2, -0.15) is 0 Å². The van der Waals surface area contributed by atoms with Crippen LogP contribution in [0.4, 0.5) is 0 Å². The van der Waals surface area contributed by atoms with Crippen molar-refractivity contribution in [3.05, 3.63) is 48.6 Å². The molecule has 0 radical (unpaired) electrons. The molecule has 0 aliphatic heterocycles. The molecule has 7 heteroatoms. The van der Waals surface area contributed by atoms with Crippen LogP contribution in [-0.2, 0) is 22.8 Å². The molecule has 0 bridgehead atoms. The van der Waals surface area contributed by atoms with Gasteiger partial charge in [-0.05, 0) is 63.8 Å². The zero-order valence-electron chi connectivity index (χ0n) is 16.7. The Morgan fingerprint density at radius 3 is 0.926 bits per heavy atom. The maximum Gasteiger partial charge on any atom is 0.183 e. The van der Waals surface area contributed by atoms with Gasteiger partial charge in [-0.1, -0.05) is 26.3 Å². The van der Waals surface area contributed by atoms with Crippen molar-refractivity contribution in [1.29, 1.82) is 0 Å². The van der Waals surface area contributed by atoms with Gasteiger partial charge < -0.3 is 0 Å². The third kappa shape index (κ3) is 5.64. The maximum atomic E-state index is 12.5. The number of Topliss-reactive ketones (excluding diaryl/α,β-unsaturated/α-hetero) is 4. The van der Waals surface area contributed by atoms with Crippen molar-refractivity contribution in [3.8, 4) is 0 Å². The molecule has 0 aliphatic carbocycles. The molecular weight excluding hydrogens is 384 g/mol. The van der Waals surface area contributed by atoms with Gasteiger partial charge >= 0.3 is 0 Å². The third-order valence-corrected chi connectivity index (χ3v) is 5.64. The summed E-state index contributed by atoms with van der Waals surface area (Å²) >= 11 is 1.12. The van der Waals surface area contributed by atoms with E-state index in [1.807, 2.05) is 0 Å². The van der Waals surface area contributed by atoms with Gasteiger partial charge in [0.2, 0.25) is 0 Å². The van der Waals surface area contributed by atoms with E-state index in [1.165, 1.54) is 41.5 Å². The summed E-state index contributed by atoms with van der Waals surface area (Å²) in [6, 6.07) is 0. The van der Waals surface area contributed by atoms with Gasteiger partial charge in [0.15, 0.2) is 32.6 Å². The van der Waals surface area contributed by atoms with Crippen LogP contribution in [-0.4, -0.2) is 32.6 Å². The normalized spacial score (nSPS) is 11.5. The summed E-state index contributed by atoms with van der Waals surface area (Å²) in [5.41, 5.74) is 0.693. The number of carbonyl (C=O) groups excluding carboxylic acids is 4. The van der Waals surface area contributed by atoms with Crippen LogP contribution in [0.15, 0.2) is 48.6 Å². The topological polar surface area (TPSA) is 77.5 Å². The van der Waals surface area contributed by atoms with E-state index in [2.05, 4.69) is 26.3 Å². The van der Waals surface area contributed by atoms with E-state index in [0.717, 1.165) is 0 Å². The predicted molar refractivity (Wildman–Crippen MR) is 112 cm³/mol. The van der Waals surface area contributed by atoms with E-state index in [0.29, 0.717) is 24.1 Å². The summed E-state index contributed by atoms with van der Waals surface area (Å²) < 4.78 is 2.17. The van der Waals surface area contributed by atoms with Crippen LogP contribution in [0, 0.1) is 0 Å². The standard InChI is InChI=1S/C20H26O5S2/c1-11(2)15(21)19(9,16(22)12(3)4)26-25-27-20(10,17(23)13(5)6)18(24)14(7)8/h1,3,5,7H2,2,4,6,8-10H3. The Balaban J connectivity index is 5.77. The van der Waals surface area contributed by atoms with Gasteiger partial charge in [0.1, 0.15) is 0 Å². The molecule has 148 valence electrons. The number of rotatable bonds is 12. The van der Waals surface area contributed by atoms with E-state index < -0.39 is 32.6 Å². The summed E-state index contributed by atoms with van der Waals surface area (Å²) in [6.45, 7) is 23.1. The second-order valence-corrected chi connectivity index (χ2v) is 9.25. The van der Waals surface area contributed by atoms with E-state index in [9.17, 15) is 19.2 Å². The monoisotopic (exact) mass is 410 g/mol. The largest absolute Gasteiger partial charge is 0.292 e. The predicted octanol–water partition coefficient (Wildman–Crippen LogP) is 4.40. The van der Waals surface area contributed by atoms with E-state index in [-0.39, 0.29) is 22.3 Å². The number of carbonyl (C=O) groups is 4. The minimum Gasteiger partial charge on any atom is -0.292 e. The molecule has 0 aromatic carbocycles. The lowest BCUT2D eigenvalue weighted by atomic mass is 9.92. The molecule has 0 atom stereocenters. The van der Waals surface area contributed by atoms with Crippen LogP contribution in [0.2, 0.25) is 0 Å². The lowest BCUT2D eigenvalue weighted by molar-refractivity contribution is -0.127. The van der Waals surface area contributed by atoms with Crippen LogP contribution >= 0.6 is 24.1 Å². The van der Waals surface area contributed by atoms with Crippen molar-refractivity contribution in [1.82, 2.24) is 0 Å². The number of ketones is 4. The molecule has 0 saturated carbocycles. The molecule has 0 saturated heterocycles. The van der Waals surface area contributed by atoms with Gasteiger partial charge in [-0.3, -0.25) is 19.2 Å². The fraction of sp³-hybridized carbons (Fsp3) is 0.400. The summed E-state index contributed by atoms with van der Waals surface area (Å²) in [6.07, 6.45) is 0. The third-order valence-electron chi connectivity index (χ3n) is 3.69. The lowest BCUT2D eigenvalue weighted by Crippen LogP contribution is -2.43. The van der Waals surface area contributed by atoms with Crippen LogP contribution in [0.5, 0.6) is 0 Å². The van der Waals surface area contributed by atoms with Crippen molar-refractivity contribution in [2.45, 2.75) is 51.0 Å². The van der Waals surface area contributed by atoms with Crippen molar-refractivity contribution < 1.29 is 22.8 Å². The van der Waals surface area contributed by atoms with Crippen LogP contribution in [0.1, 0.15) is 41.5 Å². The molecule has 5 nitrogen and oxygen atoms in total. The van der Waals surface area contributed by atoms with Crippen LogP contribution in [0.25, 0.3) is 0 Å². The molecule has 0 fully saturated rings. The zero-order valence-corrected chi connectivity index (χ0v) is 18.3. The minimum absolute atomic E-state index is 0.173. The minimum atomic E-state index is -1.63. The van der Waals surface area contributed by atoms with Crippen LogP contribution < -0.4 is 0 Å². The molecule has 0 rings (SSSR count). The molecule has 0 spiro atoms. The SMILES string of the molecule is C=C(C)C(=O)C(C)(SOSC(C)(C(=O)C(=C)C)C(=O)C(=C)C)C(=O)C(=C)C. The van der Waals surface area contributed by atoms with Crippen LogP contribution in [0.3, 0.4) is 0 Å². The van der Waals surface area contributed by atoms with Crippen molar-refractivity contribution in [3.63, 3.8) is 0 Å². The Kier molecular flexibility index (Phi) is 8.88. The molecular formula is C20H26O5S2. The summed E-state index contributed by atoms with van der Waals surface area (Å²) in [5, 5.41) is 0. The Bertz CT molecular complexity index is 631. The average molecular weight is 411 g/mol. The molecule has 0 N–H and O–H groups in total. The van der Waals surface area contributed by atoms with Crippen molar-refractivity contribution in [2.24, 2.45) is 0 Å². The van der Waals surface area contributed by atoms with Gasteiger partial charge in [0, 0.05) is 24.1 Å². The maximum absolute atomic E-state index is 12.5. The first kappa shape index (κ1) is 25.3. The van der Waals surface area contributed by atoms with Gasteiger partial charge in [0.05, 0.1) is 0 Å². The van der Waals surface area contributed by atoms with Gasteiger partial charge in [0.25, 0.3) is 0 Å². The molecule has 0 amide bonds. The first-order chi connectivity index (χ1) is 12.1. The average Bonchev–Trinajstić information content (AvgIpc) is 2.57. The molecule has 27 heavy (non-hydrogen) atoms. The fourth-order valence-corrected chi connectivity index (χ4v) is 4.36. The summed E-state index contributed by atoms with van der Waals surface area (Å²) in [4.78, 5) is 50.1. The van der Waals surface area contributed by atoms with E-state index in [4.69, 9.17) is 3.63 Å². The Morgan fingerprint density at radius 1 is 0.593 bits per heavy atom. The van der Waals surface area contributed by atoms with E-state index >= 15 is 0 Å². The molecule has 0 aliphatic rings. The Hall–Kier alpha value is -1.70. The van der Waals surface area contributed by atoms with E-state index in [1.54, 1.807) is 0 Å². The zero-order chi connectivity index (χ0) is 21.7. The first-order valence-electron chi connectivity index (χ1n) is 7.97. The summed E-state index contributed by atoms with van der Waals surface area (Å²) in [5.74, 6) is -2.11. The highest BCUT2D eigenvalue weighted by molar-refractivity contribution is 8.10. The highest BCUT2D eigenvalue weighted by Gasteiger charge is 2.47. The highest BCUT2D eigenvalue weighted by Crippen LogP contribution is 2.41. The second-order valence-electron chi connectivity index (χ2n) is 6.74. The number of hydrogen-bond donors (Lipinski definition) is 0. The fourth-order valence-electron chi connectivity index (χ4n) is 2.14. The first-order valence-corrected chi connectivity index (χ1v) is 9.46. The second kappa shape index (κ2) is 9.48. The molecule has 0 unspecified atom stereocenters. The smallest absolute Gasteiger partial charge is 0.183 e. The van der Waals surface area contributed by atoms with Crippen molar-refractivity contribution >= 4 is 47.2 Å². The quantitative estimate of drug-likeness (QED) is 0.268. The van der Waals surface area contributed by atoms with Crippen molar-refractivity contribution in [2.75, 3.05) is 0 Å². The number of allylic oxidation sites excluding steroid dienone is 4. The molecule has 0 aromatic heterocycles. The van der Waals surface area contributed by atoms with Gasteiger partial charge in [-0.15, -0.1) is 0 Å². The highest BCUT2D eigenvalue weighted by atomic mass is 32.2. The summed E-state index contributed by atoms with van der Waals surface area (Å²) in [7, 11) is 0.